The highest BCUT2D eigenvalue weighted by Crippen LogP contribution is 2.34. The van der Waals surface area contributed by atoms with Gasteiger partial charge in [0.15, 0.2) is 0 Å². The van der Waals surface area contributed by atoms with Crippen molar-refractivity contribution in [2.45, 2.75) is 26.8 Å². The summed E-state index contributed by atoms with van der Waals surface area (Å²) in [5.74, 6) is 0.317. The number of carbonyl (C=O) groups excluding carboxylic acids is 2. The molecule has 0 atom stereocenters. The fraction of sp³-hybridized carbons (Fsp3) is 0.286. The fourth-order valence-electron chi connectivity index (χ4n) is 3.94. The van der Waals surface area contributed by atoms with Gasteiger partial charge in [-0.2, -0.15) is 0 Å². The number of aromatic amines is 1. The second-order valence-electron chi connectivity index (χ2n) is 9.57. The molecule has 4 rings (SSSR count). The molecule has 198 valence electrons. The smallest absolute Gasteiger partial charge is 0.323 e. The van der Waals surface area contributed by atoms with Gasteiger partial charge < -0.3 is 30.6 Å². The van der Waals surface area contributed by atoms with Crippen LogP contribution in [0, 0.1) is 6.92 Å². The monoisotopic (exact) mass is 515 g/mol. The van der Waals surface area contributed by atoms with E-state index in [1.807, 2.05) is 58.1 Å². The van der Waals surface area contributed by atoms with E-state index in [0.29, 0.717) is 35.8 Å². The van der Waals surface area contributed by atoms with E-state index in [-0.39, 0.29) is 11.9 Å². The molecular formula is C28H33N7O3. The number of hydrogen-bond acceptors (Lipinski definition) is 6. The van der Waals surface area contributed by atoms with Crippen LogP contribution in [-0.4, -0.2) is 65.1 Å². The zero-order valence-corrected chi connectivity index (χ0v) is 22.3. The number of H-pyrrole nitrogens is 1. The van der Waals surface area contributed by atoms with E-state index in [1.54, 1.807) is 30.3 Å². The predicted octanol–water partition coefficient (Wildman–Crippen LogP) is 4.66. The zero-order chi connectivity index (χ0) is 27.2. The molecule has 0 unspecified atom stereocenters. The van der Waals surface area contributed by atoms with Gasteiger partial charge >= 0.3 is 6.03 Å². The van der Waals surface area contributed by atoms with Crippen LogP contribution in [0.25, 0.3) is 22.3 Å². The summed E-state index contributed by atoms with van der Waals surface area (Å²) in [6.07, 6.45) is 3.42. The Balaban J connectivity index is 1.57. The standard InChI is InChI=1S/C28H33N7O3/c1-17(2)32-27(36)20-7-6-8-21(13-20)33-28(37)34-22-10-9-19(14-23(22)38-12-11-35(4)5)25-24-18(3)15-29-26(24)31-16-30-25/h6-10,13-17H,11-12H2,1-5H3,(H,32,36)(H,29,30,31)(H2,33,34,37). The number of urea groups is 1. The zero-order valence-electron chi connectivity index (χ0n) is 22.3. The van der Waals surface area contributed by atoms with Crippen LogP contribution < -0.4 is 20.7 Å². The van der Waals surface area contributed by atoms with E-state index < -0.39 is 6.03 Å². The maximum atomic E-state index is 12.9. The van der Waals surface area contributed by atoms with Crippen molar-refractivity contribution in [3.63, 3.8) is 0 Å². The second kappa shape index (κ2) is 11.7. The Bertz CT molecular complexity index is 1450. The van der Waals surface area contributed by atoms with Gasteiger partial charge in [0.05, 0.1) is 11.4 Å². The van der Waals surface area contributed by atoms with Crippen molar-refractivity contribution in [3.05, 3.63) is 66.1 Å². The lowest BCUT2D eigenvalue weighted by Gasteiger charge is -2.16. The molecule has 10 nitrogen and oxygen atoms in total. The summed E-state index contributed by atoms with van der Waals surface area (Å²) in [4.78, 5) is 39.3. The first-order valence-corrected chi connectivity index (χ1v) is 12.4. The van der Waals surface area contributed by atoms with Gasteiger partial charge in [-0.3, -0.25) is 4.79 Å². The maximum Gasteiger partial charge on any atom is 0.323 e. The average molecular weight is 516 g/mol. The van der Waals surface area contributed by atoms with Crippen LogP contribution in [-0.2, 0) is 0 Å². The van der Waals surface area contributed by atoms with Crippen molar-refractivity contribution in [1.29, 1.82) is 0 Å². The van der Waals surface area contributed by atoms with Gasteiger partial charge in [0.1, 0.15) is 24.3 Å². The maximum absolute atomic E-state index is 12.9. The summed E-state index contributed by atoms with van der Waals surface area (Å²) in [7, 11) is 3.93. The van der Waals surface area contributed by atoms with E-state index in [1.165, 1.54) is 6.33 Å². The summed E-state index contributed by atoms with van der Waals surface area (Å²) in [5.41, 5.74) is 4.88. The SMILES string of the molecule is Cc1c[nH]c2ncnc(-c3ccc(NC(=O)Nc4cccc(C(=O)NC(C)C)c4)c(OCCN(C)C)c3)c12. The Morgan fingerprint density at radius 1 is 1.08 bits per heavy atom. The minimum absolute atomic E-state index is 0.0101. The molecule has 0 bridgehead atoms. The van der Waals surface area contributed by atoms with Gasteiger partial charge in [-0.1, -0.05) is 12.1 Å². The third kappa shape index (κ3) is 6.46. The topological polar surface area (TPSA) is 124 Å². The number of likely N-dealkylation sites (N-methyl/N-ethyl adjacent to an activating group) is 1. The molecule has 0 aliphatic rings. The van der Waals surface area contributed by atoms with Gasteiger partial charge in [0.2, 0.25) is 0 Å². The summed E-state index contributed by atoms with van der Waals surface area (Å²) >= 11 is 0. The van der Waals surface area contributed by atoms with E-state index in [9.17, 15) is 9.59 Å². The number of aromatic nitrogens is 3. The quantitative estimate of drug-likeness (QED) is 0.257. The number of fused-ring (bicyclic) bond motifs is 1. The predicted molar refractivity (Wildman–Crippen MR) is 150 cm³/mol. The molecule has 4 aromatic rings. The molecule has 2 heterocycles. The Labute approximate surface area is 221 Å². The van der Waals surface area contributed by atoms with Crippen molar-refractivity contribution in [2.75, 3.05) is 37.9 Å². The van der Waals surface area contributed by atoms with E-state index in [0.717, 1.165) is 27.9 Å². The molecular weight excluding hydrogens is 482 g/mol. The number of ether oxygens (including phenoxy) is 1. The second-order valence-corrected chi connectivity index (χ2v) is 9.57. The molecule has 0 aliphatic carbocycles. The van der Waals surface area contributed by atoms with Crippen molar-refractivity contribution in [1.82, 2.24) is 25.2 Å². The van der Waals surface area contributed by atoms with Crippen molar-refractivity contribution < 1.29 is 14.3 Å². The van der Waals surface area contributed by atoms with Crippen LogP contribution in [0.5, 0.6) is 5.75 Å². The van der Waals surface area contributed by atoms with Gasteiger partial charge in [-0.05, 0) is 70.8 Å². The minimum atomic E-state index is -0.456. The minimum Gasteiger partial charge on any atom is -0.490 e. The van der Waals surface area contributed by atoms with Crippen LogP contribution in [0.1, 0.15) is 29.8 Å². The molecule has 0 spiro atoms. The van der Waals surface area contributed by atoms with Crippen molar-refractivity contribution in [3.8, 4) is 17.0 Å². The molecule has 0 saturated heterocycles. The first kappa shape index (κ1) is 26.6. The number of nitrogens with zero attached hydrogens (tertiary/aromatic N) is 3. The van der Waals surface area contributed by atoms with Crippen LogP contribution in [0.4, 0.5) is 16.2 Å². The average Bonchev–Trinajstić information content (AvgIpc) is 3.25. The van der Waals surface area contributed by atoms with Crippen LogP contribution >= 0.6 is 0 Å². The highest BCUT2D eigenvalue weighted by molar-refractivity contribution is 6.02. The Kier molecular flexibility index (Phi) is 8.22. The number of rotatable bonds is 9. The summed E-state index contributed by atoms with van der Waals surface area (Å²) in [6.45, 7) is 6.92. The van der Waals surface area contributed by atoms with Crippen molar-refractivity contribution in [2.24, 2.45) is 0 Å². The Hall–Kier alpha value is -4.44. The highest BCUT2D eigenvalue weighted by atomic mass is 16.5. The molecule has 0 radical (unpaired) electrons. The summed E-state index contributed by atoms with van der Waals surface area (Å²) < 4.78 is 6.08. The molecule has 0 fully saturated rings. The van der Waals surface area contributed by atoms with E-state index >= 15 is 0 Å². The number of carbonyl (C=O) groups is 2. The normalized spacial score (nSPS) is 11.1. The number of nitrogens with one attached hydrogen (secondary N) is 4. The molecule has 2 aromatic heterocycles. The summed E-state index contributed by atoms with van der Waals surface area (Å²) in [6, 6.07) is 11.9. The first-order chi connectivity index (χ1) is 18.2. The lowest BCUT2D eigenvalue weighted by molar-refractivity contribution is 0.0943. The van der Waals surface area contributed by atoms with Crippen molar-refractivity contribution >= 4 is 34.3 Å². The van der Waals surface area contributed by atoms with E-state index in [2.05, 4.69) is 30.9 Å². The van der Waals surface area contributed by atoms with E-state index in [4.69, 9.17) is 4.74 Å². The third-order valence-corrected chi connectivity index (χ3v) is 5.77. The van der Waals surface area contributed by atoms with Gasteiger partial charge in [0, 0.05) is 41.0 Å². The lowest BCUT2D eigenvalue weighted by atomic mass is 10.1. The summed E-state index contributed by atoms with van der Waals surface area (Å²) in [5, 5.41) is 9.45. The van der Waals surface area contributed by atoms with Crippen LogP contribution in [0.3, 0.4) is 0 Å². The number of hydrogen-bond donors (Lipinski definition) is 4. The molecule has 0 aliphatic heterocycles. The lowest BCUT2D eigenvalue weighted by Crippen LogP contribution is -2.30. The Morgan fingerprint density at radius 2 is 1.89 bits per heavy atom. The molecule has 10 heteroatoms. The number of amides is 3. The number of benzene rings is 2. The molecule has 0 saturated carbocycles. The first-order valence-electron chi connectivity index (χ1n) is 12.4. The van der Waals surface area contributed by atoms with Gasteiger partial charge in [0.25, 0.3) is 5.91 Å². The van der Waals surface area contributed by atoms with Gasteiger partial charge in [-0.25, -0.2) is 14.8 Å². The Morgan fingerprint density at radius 3 is 2.66 bits per heavy atom. The largest absolute Gasteiger partial charge is 0.490 e. The van der Waals surface area contributed by atoms with Crippen LogP contribution in [0.15, 0.2) is 55.0 Å². The number of aryl methyl sites for hydroxylation is 1. The van der Waals surface area contributed by atoms with Gasteiger partial charge in [-0.15, -0.1) is 0 Å². The molecule has 2 aromatic carbocycles. The molecule has 3 amide bonds. The fourth-order valence-corrected chi connectivity index (χ4v) is 3.94. The number of anilines is 2. The highest BCUT2D eigenvalue weighted by Gasteiger charge is 2.15. The molecule has 4 N–H and O–H groups in total. The molecule has 38 heavy (non-hydrogen) atoms. The third-order valence-electron chi connectivity index (χ3n) is 5.77. The van der Waals surface area contributed by atoms with Crippen LogP contribution in [0.2, 0.25) is 0 Å².